The first-order valence-electron chi connectivity index (χ1n) is 7.83. The number of thiophene rings is 1. The van der Waals surface area contributed by atoms with Crippen molar-refractivity contribution in [2.45, 2.75) is 19.9 Å². The largest absolute Gasteiger partial charge is 0.493 e. The topological polar surface area (TPSA) is 47.6 Å². The van der Waals surface area contributed by atoms with E-state index in [2.05, 4.69) is 5.32 Å². The molecule has 2 aromatic rings. The molecule has 5 heteroatoms. The second-order valence-electron chi connectivity index (χ2n) is 5.85. The number of carbonyl (C=O) groups excluding carboxylic acids is 1. The highest BCUT2D eigenvalue weighted by Crippen LogP contribution is 2.23. The van der Waals surface area contributed by atoms with Crippen LogP contribution >= 0.6 is 11.3 Å². The van der Waals surface area contributed by atoms with Gasteiger partial charge in [0.1, 0.15) is 5.75 Å². The van der Waals surface area contributed by atoms with E-state index >= 15 is 0 Å². The van der Waals surface area contributed by atoms with E-state index in [1.165, 1.54) is 11.3 Å². The number of hydrogen-bond donors (Lipinski definition) is 1. The van der Waals surface area contributed by atoms with Gasteiger partial charge in [0, 0.05) is 35.6 Å². The van der Waals surface area contributed by atoms with Crippen LogP contribution in [0.1, 0.15) is 27.9 Å². The van der Waals surface area contributed by atoms with Crippen LogP contribution in [0.5, 0.6) is 5.75 Å². The lowest BCUT2D eigenvalue weighted by Crippen LogP contribution is -2.23. The summed E-state index contributed by atoms with van der Waals surface area (Å²) in [5.74, 6) is 1.26. The van der Waals surface area contributed by atoms with Crippen molar-refractivity contribution in [3.05, 3.63) is 51.7 Å². The zero-order valence-electron chi connectivity index (χ0n) is 13.2. The smallest absolute Gasteiger partial charge is 0.252 e. The molecule has 23 heavy (non-hydrogen) atoms. The molecule has 3 rings (SSSR count). The van der Waals surface area contributed by atoms with Crippen LogP contribution in [0.4, 0.5) is 0 Å². The van der Waals surface area contributed by atoms with Crippen LogP contribution in [0.3, 0.4) is 0 Å². The Morgan fingerprint density at radius 1 is 1.43 bits per heavy atom. The molecule has 0 radical (unpaired) electrons. The SMILES string of the molecule is Cc1ccc(CNC(=O)c2ccsc2)c(OCC2CCOC2)c1. The van der Waals surface area contributed by atoms with E-state index in [9.17, 15) is 4.79 Å². The fraction of sp³-hybridized carbons (Fsp3) is 0.389. The standard InChI is InChI=1S/C18H21NO3S/c1-13-2-3-15(9-19-18(20)16-5-7-23-12-16)17(8-13)22-11-14-4-6-21-10-14/h2-3,5,7-8,12,14H,4,6,9-11H2,1H3,(H,19,20). The molecule has 0 aliphatic carbocycles. The van der Waals surface area contributed by atoms with Crippen LogP contribution in [0.2, 0.25) is 0 Å². The quantitative estimate of drug-likeness (QED) is 0.882. The molecule has 1 saturated heterocycles. The predicted molar refractivity (Wildman–Crippen MR) is 91.1 cm³/mol. The van der Waals surface area contributed by atoms with Crippen LogP contribution in [0.15, 0.2) is 35.0 Å². The molecular formula is C18H21NO3S. The van der Waals surface area contributed by atoms with Crippen molar-refractivity contribution in [2.75, 3.05) is 19.8 Å². The summed E-state index contributed by atoms with van der Waals surface area (Å²) < 4.78 is 11.4. The number of nitrogens with one attached hydrogen (secondary N) is 1. The molecule has 4 nitrogen and oxygen atoms in total. The summed E-state index contributed by atoms with van der Waals surface area (Å²) in [6, 6.07) is 7.91. The summed E-state index contributed by atoms with van der Waals surface area (Å²) in [5, 5.41) is 6.70. The number of amides is 1. The maximum absolute atomic E-state index is 12.1. The maximum atomic E-state index is 12.1. The Labute approximate surface area is 140 Å². The first-order chi connectivity index (χ1) is 11.2. The Balaban J connectivity index is 1.62. The summed E-state index contributed by atoms with van der Waals surface area (Å²) in [5.41, 5.74) is 2.85. The first kappa shape index (κ1) is 16.0. The zero-order valence-corrected chi connectivity index (χ0v) is 14.0. The van der Waals surface area contributed by atoms with Crippen molar-refractivity contribution in [2.24, 2.45) is 5.92 Å². The van der Waals surface area contributed by atoms with Gasteiger partial charge in [0.05, 0.1) is 13.2 Å². The molecule has 1 unspecified atom stereocenters. The maximum Gasteiger partial charge on any atom is 0.252 e. The number of carbonyl (C=O) groups is 1. The van der Waals surface area contributed by atoms with Gasteiger partial charge in [-0.05, 0) is 36.4 Å². The predicted octanol–water partition coefficient (Wildman–Crippen LogP) is 3.40. The summed E-state index contributed by atoms with van der Waals surface area (Å²) in [4.78, 5) is 12.1. The van der Waals surface area contributed by atoms with Crippen molar-refractivity contribution in [1.29, 1.82) is 0 Å². The highest BCUT2D eigenvalue weighted by Gasteiger charge is 2.17. The number of aryl methyl sites for hydroxylation is 1. The van der Waals surface area contributed by atoms with Gasteiger partial charge in [-0.1, -0.05) is 12.1 Å². The molecule has 1 N–H and O–H groups in total. The van der Waals surface area contributed by atoms with Crippen molar-refractivity contribution in [3.63, 3.8) is 0 Å². The molecule has 0 spiro atoms. The van der Waals surface area contributed by atoms with Crippen LogP contribution in [0.25, 0.3) is 0 Å². The van der Waals surface area contributed by atoms with E-state index in [0.29, 0.717) is 24.6 Å². The lowest BCUT2D eigenvalue weighted by Gasteiger charge is -2.15. The summed E-state index contributed by atoms with van der Waals surface area (Å²) in [7, 11) is 0. The van der Waals surface area contributed by atoms with Gasteiger partial charge in [0.25, 0.3) is 5.91 Å². The molecule has 1 atom stereocenters. The van der Waals surface area contributed by atoms with E-state index < -0.39 is 0 Å². The Bertz CT molecular complexity index is 648. The summed E-state index contributed by atoms with van der Waals surface area (Å²) in [6.07, 6.45) is 1.05. The molecule has 2 heterocycles. The van der Waals surface area contributed by atoms with Gasteiger partial charge in [0.15, 0.2) is 0 Å². The normalized spacial score (nSPS) is 17.2. The third kappa shape index (κ3) is 4.33. The van der Waals surface area contributed by atoms with Gasteiger partial charge in [-0.2, -0.15) is 11.3 Å². The molecule has 1 amide bonds. The molecule has 1 aromatic carbocycles. The summed E-state index contributed by atoms with van der Waals surface area (Å²) >= 11 is 1.52. The second kappa shape index (κ2) is 7.62. The molecule has 1 aliphatic rings. The number of benzene rings is 1. The third-order valence-electron chi connectivity index (χ3n) is 3.94. The van der Waals surface area contributed by atoms with Gasteiger partial charge in [-0.15, -0.1) is 0 Å². The van der Waals surface area contributed by atoms with E-state index in [1.807, 2.05) is 41.9 Å². The van der Waals surface area contributed by atoms with Crippen molar-refractivity contribution < 1.29 is 14.3 Å². The third-order valence-corrected chi connectivity index (χ3v) is 4.63. The minimum atomic E-state index is -0.0537. The monoisotopic (exact) mass is 331 g/mol. The van der Waals surface area contributed by atoms with Crippen molar-refractivity contribution in [3.8, 4) is 5.75 Å². The summed E-state index contributed by atoms with van der Waals surface area (Å²) in [6.45, 7) is 4.76. The van der Waals surface area contributed by atoms with Crippen LogP contribution in [-0.2, 0) is 11.3 Å². The van der Waals surface area contributed by atoms with Crippen molar-refractivity contribution in [1.82, 2.24) is 5.32 Å². The number of rotatable bonds is 6. The van der Waals surface area contributed by atoms with Gasteiger partial charge in [-0.25, -0.2) is 0 Å². The van der Waals surface area contributed by atoms with Gasteiger partial charge >= 0.3 is 0 Å². The average Bonchev–Trinajstić information content (AvgIpc) is 3.25. The first-order valence-corrected chi connectivity index (χ1v) is 8.77. The van der Waals surface area contributed by atoms with Crippen LogP contribution in [0, 0.1) is 12.8 Å². The molecule has 122 valence electrons. The minimum absolute atomic E-state index is 0.0537. The van der Waals surface area contributed by atoms with Crippen LogP contribution < -0.4 is 10.1 Å². The van der Waals surface area contributed by atoms with E-state index in [0.717, 1.165) is 36.5 Å². The number of hydrogen-bond acceptors (Lipinski definition) is 4. The highest BCUT2D eigenvalue weighted by atomic mass is 32.1. The highest BCUT2D eigenvalue weighted by molar-refractivity contribution is 7.08. The molecule has 0 saturated carbocycles. The number of ether oxygens (including phenoxy) is 2. The lowest BCUT2D eigenvalue weighted by molar-refractivity contribution is 0.0951. The Kier molecular flexibility index (Phi) is 5.31. The van der Waals surface area contributed by atoms with Gasteiger partial charge in [-0.3, -0.25) is 4.79 Å². The molecule has 1 aliphatic heterocycles. The Morgan fingerprint density at radius 2 is 2.35 bits per heavy atom. The van der Waals surface area contributed by atoms with E-state index in [4.69, 9.17) is 9.47 Å². The fourth-order valence-electron chi connectivity index (χ4n) is 2.54. The van der Waals surface area contributed by atoms with Crippen molar-refractivity contribution >= 4 is 17.2 Å². The zero-order chi connectivity index (χ0) is 16.1. The van der Waals surface area contributed by atoms with E-state index in [1.54, 1.807) is 0 Å². The molecule has 0 bridgehead atoms. The lowest BCUT2D eigenvalue weighted by atomic mass is 10.1. The minimum Gasteiger partial charge on any atom is -0.493 e. The average molecular weight is 331 g/mol. The van der Waals surface area contributed by atoms with Crippen LogP contribution in [-0.4, -0.2) is 25.7 Å². The molecular weight excluding hydrogens is 310 g/mol. The molecule has 1 aromatic heterocycles. The molecule has 1 fully saturated rings. The van der Waals surface area contributed by atoms with E-state index in [-0.39, 0.29) is 5.91 Å². The second-order valence-corrected chi connectivity index (χ2v) is 6.63. The van der Waals surface area contributed by atoms with Gasteiger partial charge < -0.3 is 14.8 Å². The fourth-order valence-corrected chi connectivity index (χ4v) is 3.17. The Hall–Kier alpha value is -1.85. The Morgan fingerprint density at radius 3 is 3.09 bits per heavy atom. The van der Waals surface area contributed by atoms with Gasteiger partial charge in [0.2, 0.25) is 0 Å².